The summed E-state index contributed by atoms with van der Waals surface area (Å²) in [7, 11) is 0. The number of hydrogen-bond donors (Lipinski definition) is 0. The van der Waals surface area contributed by atoms with Gasteiger partial charge in [0.2, 0.25) is 0 Å². The fourth-order valence-electron chi connectivity index (χ4n) is 4.28. The summed E-state index contributed by atoms with van der Waals surface area (Å²) < 4.78 is 6.20. The Labute approximate surface area is 150 Å². The van der Waals surface area contributed by atoms with Gasteiger partial charge in [0.25, 0.3) is 0 Å². The smallest absolute Gasteiger partial charge is 0.136 e. The van der Waals surface area contributed by atoms with Gasteiger partial charge in [0.15, 0.2) is 0 Å². The highest BCUT2D eigenvalue weighted by atomic mass is 16.3. The first-order valence-corrected chi connectivity index (χ1v) is 8.96. The van der Waals surface area contributed by atoms with Gasteiger partial charge in [0.1, 0.15) is 11.2 Å². The first kappa shape index (κ1) is 13.9. The lowest BCUT2D eigenvalue weighted by molar-refractivity contribution is 0.669. The molecule has 0 spiro atoms. The van der Waals surface area contributed by atoms with Crippen LogP contribution in [0, 0.1) is 6.92 Å². The van der Waals surface area contributed by atoms with E-state index in [2.05, 4.69) is 85.8 Å². The van der Waals surface area contributed by atoms with E-state index in [-0.39, 0.29) is 0 Å². The number of fused-ring (bicyclic) bond motifs is 9. The maximum Gasteiger partial charge on any atom is 0.136 e. The maximum absolute atomic E-state index is 6.20. The first-order chi connectivity index (χ1) is 12.8. The second kappa shape index (κ2) is 4.86. The highest BCUT2D eigenvalue weighted by Gasteiger charge is 2.13. The average molecular weight is 332 g/mol. The highest BCUT2D eigenvalue weighted by molar-refractivity contribution is 6.28. The average Bonchev–Trinajstić information content (AvgIpc) is 3.03. The molecule has 0 saturated heterocycles. The van der Waals surface area contributed by atoms with Crippen molar-refractivity contribution in [1.29, 1.82) is 0 Å². The zero-order chi connectivity index (χ0) is 17.3. The van der Waals surface area contributed by atoms with E-state index < -0.39 is 0 Å². The molecule has 1 nitrogen and oxygen atoms in total. The van der Waals surface area contributed by atoms with Crippen molar-refractivity contribution in [3.63, 3.8) is 0 Å². The second-order valence-corrected chi connectivity index (χ2v) is 7.09. The minimum atomic E-state index is 0.957. The fraction of sp³-hybridized carbons (Fsp3) is 0.0400. The van der Waals surface area contributed by atoms with E-state index in [4.69, 9.17) is 4.42 Å². The molecule has 0 radical (unpaired) electrons. The molecule has 0 unspecified atom stereocenters. The number of rotatable bonds is 0. The molecule has 0 aliphatic rings. The summed E-state index contributed by atoms with van der Waals surface area (Å²) in [5.41, 5.74) is 3.14. The molecule has 0 amide bonds. The van der Waals surface area contributed by atoms with E-state index >= 15 is 0 Å². The fourth-order valence-corrected chi connectivity index (χ4v) is 4.28. The summed E-state index contributed by atoms with van der Waals surface area (Å²) in [5, 5.41) is 10.1. The predicted molar refractivity (Wildman–Crippen MR) is 111 cm³/mol. The molecule has 0 aliphatic carbocycles. The molecule has 122 valence electrons. The number of furan rings is 1. The molecule has 1 heterocycles. The van der Waals surface area contributed by atoms with E-state index in [9.17, 15) is 0 Å². The molecule has 6 rings (SSSR count). The van der Waals surface area contributed by atoms with Crippen LogP contribution in [0.4, 0.5) is 0 Å². The highest BCUT2D eigenvalue weighted by Crippen LogP contribution is 2.39. The summed E-state index contributed by atoms with van der Waals surface area (Å²) in [4.78, 5) is 0. The monoisotopic (exact) mass is 332 g/mol. The molecule has 0 saturated carbocycles. The minimum Gasteiger partial charge on any atom is -0.456 e. The van der Waals surface area contributed by atoms with E-state index in [1.54, 1.807) is 0 Å². The van der Waals surface area contributed by atoms with E-state index in [1.165, 1.54) is 48.7 Å². The van der Waals surface area contributed by atoms with E-state index in [1.807, 2.05) is 0 Å². The summed E-state index contributed by atoms with van der Waals surface area (Å²) in [5.74, 6) is 0. The Hall–Kier alpha value is -3.32. The molecular weight excluding hydrogens is 316 g/mol. The molecule has 5 aromatic carbocycles. The van der Waals surface area contributed by atoms with E-state index in [0.717, 1.165) is 11.2 Å². The Morgan fingerprint density at radius 2 is 1.00 bits per heavy atom. The van der Waals surface area contributed by atoms with Crippen LogP contribution in [-0.2, 0) is 0 Å². The van der Waals surface area contributed by atoms with Crippen LogP contribution in [0.5, 0.6) is 0 Å². The molecular formula is C25H16O. The molecule has 6 aromatic rings. The zero-order valence-electron chi connectivity index (χ0n) is 14.4. The van der Waals surface area contributed by atoms with Gasteiger partial charge >= 0.3 is 0 Å². The molecule has 0 fully saturated rings. The normalized spacial score (nSPS) is 12.0. The van der Waals surface area contributed by atoms with Gasteiger partial charge in [0.05, 0.1) is 0 Å². The van der Waals surface area contributed by atoms with E-state index in [0.29, 0.717) is 0 Å². The van der Waals surface area contributed by atoms with Gasteiger partial charge in [-0.05, 0) is 63.0 Å². The molecule has 1 aromatic heterocycles. The van der Waals surface area contributed by atoms with Gasteiger partial charge in [-0.3, -0.25) is 0 Å². The van der Waals surface area contributed by atoms with Crippen molar-refractivity contribution in [2.45, 2.75) is 6.92 Å². The van der Waals surface area contributed by atoms with Crippen molar-refractivity contribution in [3.8, 4) is 0 Å². The predicted octanol–water partition coefficient (Wildman–Crippen LogP) is 7.35. The van der Waals surface area contributed by atoms with Crippen LogP contribution >= 0.6 is 0 Å². The lowest BCUT2D eigenvalue weighted by atomic mass is 9.93. The van der Waals surface area contributed by atoms with Crippen LogP contribution in [0.15, 0.2) is 83.3 Å². The van der Waals surface area contributed by atoms with Crippen molar-refractivity contribution in [2.75, 3.05) is 0 Å². The lowest BCUT2D eigenvalue weighted by Gasteiger charge is -2.10. The van der Waals surface area contributed by atoms with Gasteiger partial charge in [-0.2, -0.15) is 0 Å². The zero-order valence-corrected chi connectivity index (χ0v) is 14.4. The van der Waals surface area contributed by atoms with Crippen LogP contribution < -0.4 is 0 Å². The van der Waals surface area contributed by atoms with Gasteiger partial charge in [-0.1, -0.05) is 60.7 Å². The number of aryl methyl sites for hydroxylation is 1. The molecule has 26 heavy (non-hydrogen) atoms. The van der Waals surface area contributed by atoms with Crippen LogP contribution in [0.1, 0.15) is 5.56 Å². The van der Waals surface area contributed by atoms with Crippen LogP contribution in [-0.4, -0.2) is 0 Å². The third-order valence-corrected chi connectivity index (χ3v) is 5.49. The van der Waals surface area contributed by atoms with Crippen LogP contribution in [0.25, 0.3) is 54.3 Å². The Morgan fingerprint density at radius 1 is 0.462 bits per heavy atom. The number of hydrogen-bond acceptors (Lipinski definition) is 1. The van der Waals surface area contributed by atoms with Gasteiger partial charge in [-0.25, -0.2) is 0 Å². The minimum absolute atomic E-state index is 0.957. The Morgan fingerprint density at radius 3 is 1.65 bits per heavy atom. The van der Waals surface area contributed by atoms with Crippen molar-refractivity contribution >= 4 is 54.3 Å². The third-order valence-electron chi connectivity index (χ3n) is 5.49. The van der Waals surface area contributed by atoms with Crippen molar-refractivity contribution in [1.82, 2.24) is 0 Å². The largest absolute Gasteiger partial charge is 0.456 e. The molecule has 0 aliphatic heterocycles. The first-order valence-electron chi connectivity index (χ1n) is 8.96. The van der Waals surface area contributed by atoms with Crippen molar-refractivity contribution in [2.24, 2.45) is 0 Å². The third kappa shape index (κ3) is 1.75. The molecule has 0 atom stereocenters. The summed E-state index contributed by atoms with van der Waals surface area (Å²) in [6, 6.07) is 28.3. The Kier molecular flexibility index (Phi) is 2.60. The van der Waals surface area contributed by atoms with Gasteiger partial charge < -0.3 is 4.42 Å². The van der Waals surface area contributed by atoms with Gasteiger partial charge in [0, 0.05) is 10.8 Å². The summed E-state index contributed by atoms with van der Waals surface area (Å²) in [6.45, 7) is 2.10. The summed E-state index contributed by atoms with van der Waals surface area (Å²) >= 11 is 0. The molecule has 1 heteroatoms. The SMILES string of the molecule is Cc1ccc2c(c1)oc1cc3c4ccccc4c4ccccc4c3cc12. The van der Waals surface area contributed by atoms with Crippen molar-refractivity contribution < 1.29 is 4.42 Å². The lowest BCUT2D eigenvalue weighted by Crippen LogP contribution is -1.83. The van der Waals surface area contributed by atoms with Gasteiger partial charge in [-0.15, -0.1) is 0 Å². The quantitative estimate of drug-likeness (QED) is 0.265. The topological polar surface area (TPSA) is 13.1 Å². The standard InChI is InChI=1S/C25H16O/c1-15-10-11-20-23-13-21-18-8-4-2-6-16(18)17-7-3-5-9-19(17)22(21)14-25(23)26-24(20)12-15/h2-14H,1H3. The maximum atomic E-state index is 6.20. The number of benzene rings is 5. The van der Waals surface area contributed by atoms with Crippen molar-refractivity contribution in [3.05, 3.63) is 84.4 Å². The Balaban J connectivity index is 1.93. The second-order valence-electron chi connectivity index (χ2n) is 7.09. The molecule has 0 bridgehead atoms. The summed E-state index contributed by atoms with van der Waals surface area (Å²) in [6.07, 6.45) is 0. The van der Waals surface area contributed by atoms with Crippen LogP contribution in [0.3, 0.4) is 0 Å². The van der Waals surface area contributed by atoms with Crippen LogP contribution in [0.2, 0.25) is 0 Å². The molecule has 0 N–H and O–H groups in total. The Bertz CT molecular complexity index is 1480.